The number of piperazine rings is 1. The Bertz CT molecular complexity index is 397. The minimum Gasteiger partial charge on any atom is -0.354 e. The molecule has 0 atom stereocenters. The highest BCUT2D eigenvalue weighted by Gasteiger charge is 2.20. The van der Waals surface area contributed by atoms with Crippen LogP contribution in [-0.2, 0) is 0 Å². The fourth-order valence-corrected chi connectivity index (χ4v) is 3.04. The van der Waals surface area contributed by atoms with Crippen LogP contribution in [0.3, 0.4) is 0 Å². The lowest BCUT2D eigenvalue weighted by Gasteiger charge is -2.36. The average Bonchev–Trinajstić information content (AvgIpc) is 2.48. The molecule has 2 heterocycles. The molecule has 0 aliphatic carbocycles. The lowest BCUT2D eigenvalue weighted by atomic mass is 9.84. The zero-order chi connectivity index (χ0) is 15.1. The van der Waals surface area contributed by atoms with E-state index in [0.29, 0.717) is 5.41 Å². The zero-order valence-electron chi connectivity index (χ0n) is 13.6. The topological polar surface area (TPSA) is 45.4 Å². The molecule has 0 bridgehead atoms. The van der Waals surface area contributed by atoms with Gasteiger partial charge in [0.1, 0.15) is 5.82 Å². The van der Waals surface area contributed by atoms with E-state index in [1.54, 1.807) is 0 Å². The maximum absolute atomic E-state index is 5.68. The van der Waals surface area contributed by atoms with Crippen molar-refractivity contribution in [3.05, 3.63) is 24.4 Å². The molecule has 21 heavy (non-hydrogen) atoms. The van der Waals surface area contributed by atoms with Crippen molar-refractivity contribution < 1.29 is 0 Å². The first-order chi connectivity index (χ1) is 10.1. The second-order valence-corrected chi connectivity index (χ2v) is 6.82. The highest BCUT2D eigenvalue weighted by molar-refractivity contribution is 5.38. The monoisotopic (exact) mass is 290 g/mol. The predicted octanol–water partition coefficient (Wildman–Crippen LogP) is 2.36. The number of nitrogens with zero attached hydrogens (tertiary/aromatic N) is 3. The molecule has 0 aromatic carbocycles. The quantitative estimate of drug-likeness (QED) is 0.837. The molecule has 1 aromatic rings. The summed E-state index contributed by atoms with van der Waals surface area (Å²) in [4.78, 5) is 9.40. The van der Waals surface area contributed by atoms with Gasteiger partial charge in [-0.3, -0.25) is 4.90 Å². The first-order valence-corrected chi connectivity index (χ1v) is 8.19. The van der Waals surface area contributed by atoms with Gasteiger partial charge >= 0.3 is 0 Å². The average molecular weight is 290 g/mol. The van der Waals surface area contributed by atoms with Crippen molar-refractivity contribution in [1.29, 1.82) is 0 Å². The van der Waals surface area contributed by atoms with Crippen molar-refractivity contribution >= 4 is 5.82 Å². The van der Waals surface area contributed by atoms with Gasteiger partial charge in [0.25, 0.3) is 0 Å². The first-order valence-electron chi connectivity index (χ1n) is 8.19. The van der Waals surface area contributed by atoms with E-state index in [0.717, 1.165) is 45.0 Å². The third-order valence-electron chi connectivity index (χ3n) is 4.49. The molecular formula is C17H30N4. The Kier molecular flexibility index (Phi) is 6.00. The van der Waals surface area contributed by atoms with E-state index in [9.17, 15) is 0 Å². The van der Waals surface area contributed by atoms with Crippen LogP contribution in [0.1, 0.15) is 33.1 Å². The van der Waals surface area contributed by atoms with Crippen LogP contribution < -0.4 is 10.6 Å². The van der Waals surface area contributed by atoms with Crippen LogP contribution in [-0.4, -0.2) is 49.2 Å². The number of pyridine rings is 1. The summed E-state index contributed by atoms with van der Waals surface area (Å²) in [5.74, 6) is 1.11. The number of aromatic nitrogens is 1. The maximum atomic E-state index is 5.68. The van der Waals surface area contributed by atoms with Gasteiger partial charge in [-0.15, -0.1) is 0 Å². The van der Waals surface area contributed by atoms with Gasteiger partial charge in [-0.05, 0) is 49.9 Å². The number of nitrogens with two attached hydrogens (primary N) is 1. The van der Waals surface area contributed by atoms with Gasteiger partial charge in [0.15, 0.2) is 0 Å². The molecule has 2 N–H and O–H groups in total. The molecule has 4 heteroatoms. The highest BCUT2D eigenvalue weighted by Crippen LogP contribution is 2.26. The Hall–Kier alpha value is -1.13. The molecule has 1 aliphatic rings. The van der Waals surface area contributed by atoms with Crippen molar-refractivity contribution in [2.75, 3.05) is 44.2 Å². The van der Waals surface area contributed by atoms with Crippen LogP contribution in [0.25, 0.3) is 0 Å². The van der Waals surface area contributed by atoms with Crippen LogP contribution in [0.15, 0.2) is 24.4 Å². The largest absolute Gasteiger partial charge is 0.354 e. The SMILES string of the molecule is CC(C)(CCN)CCCN1CCN(c2ccccn2)CC1. The molecule has 0 unspecified atom stereocenters. The Morgan fingerprint density at radius 1 is 1.14 bits per heavy atom. The van der Waals surface area contributed by atoms with Gasteiger partial charge < -0.3 is 10.6 Å². The minimum atomic E-state index is 0.393. The minimum absolute atomic E-state index is 0.393. The normalized spacial score (nSPS) is 17.2. The summed E-state index contributed by atoms with van der Waals surface area (Å²) in [6.07, 6.45) is 5.54. The lowest BCUT2D eigenvalue weighted by molar-refractivity contribution is 0.225. The van der Waals surface area contributed by atoms with Crippen LogP contribution in [0.2, 0.25) is 0 Å². The van der Waals surface area contributed by atoms with Gasteiger partial charge in [-0.2, -0.15) is 0 Å². The molecule has 118 valence electrons. The Morgan fingerprint density at radius 3 is 2.52 bits per heavy atom. The standard InChI is InChI=1S/C17H30N4/c1-17(2,8-9-18)7-5-11-20-12-14-21(15-13-20)16-6-3-4-10-19-16/h3-4,6,10H,5,7-9,11-15,18H2,1-2H3. The van der Waals surface area contributed by atoms with Crippen LogP contribution in [0.5, 0.6) is 0 Å². The van der Waals surface area contributed by atoms with E-state index < -0.39 is 0 Å². The molecule has 0 spiro atoms. The third-order valence-corrected chi connectivity index (χ3v) is 4.49. The summed E-state index contributed by atoms with van der Waals surface area (Å²) in [5.41, 5.74) is 6.07. The summed E-state index contributed by atoms with van der Waals surface area (Å²) in [6, 6.07) is 6.14. The van der Waals surface area contributed by atoms with Gasteiger partial charge in [0, 0.05) is 32.4 Å². The highest BCUT2D eigenvalue weighted by atomic mass is 15.3. The summed E-state index contributed by atoms with van der Waals surface area (Å²) >= 11 is 0. The summed E-state index contributed by atoms with van der Waals surface area (Å²) in [6.45, 7) is 11.1. The van der Waals surface area contributed by atoms with E-state index >= 15 is 0 Å². The molecule has 2 rings (SSSR count). The van der Waals surface area contributed by atoms with E-state index in [4.69, 9.17) is 5.73 Å². The molecule has 1 saturated heterocycles. The predicted molar refractivity (Wildman–Crippen MR) is 89.6 cm³/mol. The van der Waals surface area contributed by atoms with E-state index in [1.165, 1.54) is 19.4 Å². The fraction of sp³-hybridized carbons (Fsp3) is 0.706. The smallest absolute Gasteiger partial charge is 0.128 e. The molecule has 0 saturated carbocycles. The summed E-state index contributed by atoms with van der Waals surface area (Å²) < 4.78 is 0. The molecule has 1 aliphatic heterocycles. The number of rotatable bonds is 7. The van der Waals surface area contributed by atoms with Gasteiger partial charge in [0.05, 0.1) is 0 Å². The zero-order valence-corrected chi connectivity index (χ0v) is 13.6. The van der Waals surface area contributed by atoms with Crippen molar-refractivity contribution in [2.24, 2.45) is 11.1 Å². The van der Waals surface area contributed by atoms with Gasteiger partial charge in [0.2, 0.25) is 0 Å². The van der Waals surface area contributed by atoms with E-state index in [-0.39, 0.29) is 0 Å². The number of anilines is 1. The maximum Gasteiger partial charge on any atom is 0.128 e. The van der Waals surface area contributed by atoms with Crippen molar-refractivity contribution in [1.82, 2.24) is 9.88 Å². The summed E-state index contributed by atoms with van der Waals surface area (Å²) in [7, 11) is 0. The Morgan fingerprint density at radius 2 is 1.90 bits per heavy atom. The molecular weight excluding hydrogens is 260 g/mol. The molecule has 4 nitrogen and oxygen atoms in total. The van der Waals surface area contributed by atoms with E-state index in [1.807, 2.05) is 12.3 Å². The second-order valence-electron chi connectivity index (χ2n) is 6.82. The second kappa shape index (κ2) is 7.76. The third kappa shape index (κ3) is 5.29. The molecule has 1 fully saturated rings. The van der Waals surface area contributed by atoms with E-state index in [2.05, 4.69) is 40.8 Å². The number of hydrogen-bond donors (Lipinski definition) is 1. The molecule has 0 radical (unpaired) electrons. The number of hydrogen-bond acceptors (Lipinski definition) is 4. The van der Waals surface area contributed by atoms with Crippen LogP contribution in [0, 0.1) is 5.41 Å². The van der Waals surface area contributed by atoms with Crippen molar-refractivity contribution in [2.45, 2.75) is 33.1 Å². The molecule has 0 amide bonds. The summed E-state index contributed by atoms with van der Waals surface area (Å²) in [5, 5.41) is 0. The van der Waals surface area contributed by atoms with Crippen molar-refractivity contribution in [3.63, 3.8) is 0 Å². The fourth-order valence-electron chi connectivity index (χ4n) is 3.04. The lowest BCUT2D eigenvalue weighted by Crippen LogP contribution is -2.47. The van der Waals surface area contributed by atoms with Crippen LogP contribution >= 0.6 is 0 Å². The van der Waals surface area contributed by atoms with Gasteiger partial charge in [-0.25, -0.2) is 4.98 Å². The molecule has 1 aromatic heterocycles. The first kappa shape index (κ1) is 16.2. The Labute approximate surface area is 129 Å². The Balaban J connectivity index is 1.68. The van der Waals surface area contributed by atoms with Gasteiger partial charge in [-0.1, -0.05) is 19.9 Å². The van der Waals surface area contributed by atoms with Crippen molar-refractivity contribution in [3.8, 4) is 0 Å². The van der Waals surface area contributed by atoms with Crippen LogP contribution in [0.4, 0.5) is 5.82 Å².